The van der Waals surface area contributed by atoms with Crippen molar-refractivity contribution in [1.29, 1.82) is 5.26 Å². The van der Waals surface area contributed by atoms with E-state index < -0.39 is 0 Å². The second-order valence-corrected chi connectivity index (χ2v) is 4.44. The maximum absolute atomic E-state index is 8.92. The first-order valence-electron chi connectivity index (χ1n) is 5.98. The van der Waals surface area contributed by atoms with Gasteiger partial charge in [0.1, 0.15) is 11.8 Å². The minimum atomic E-state index is -0.385. The van der Waals surface area contributed by atoms with Crippen LogP contribution in [0.4, 0.5) is 0 Å². The highest BCUT2D eigenvalue weighted by Gasteiger charge is 2.11. The van der Waals surface area contributed by atoms with E-state index in [1.54, 1.807) is 0 Å². The SMILES string of the molecule is CCC(C#N)Oc1ccc(C)cc1CC(C)N. The van der Waals surface area contributed by atoms with Crippen LogP contribution in [0.1, 0.15) is 31.4 Å². The number of ether oxygens (including phenoxy) is 1. The summed E-state index contributed by atoms with van der Waals surface area (Å²) in [5.41, 5.74) is 8.07. The van der Waals surface area contributed by atoms with Crippen molar-refractivity contribution in [3.8, 4) is 11.8 Å². The van der Waals surface area contributed by atoms with E-state index in [0.29, 0.717) is 6.42 Å². The van der Waals surface area contributed by atoms with Crippen LogP contribution in [0.25, 0.3) is 0 Å². The average molecular weight is 232 g/mol. The van der Waals surface area contributed by atoms with Gasteiger partial charge in [0, 0.05) is 6.04 Å². The Hall–Kier alpha value is -1.53. The molecule has 0 spiro atoms. The largest absolute Gasteiger partial charge is 0.475 e. The maximum Gasteiger partial charge on any atom is 0.184 e. The lowest BCUT2D eigenvalue weighted by molar-refractivity contribution is 0.249. The Morgan fingerprint density at radius 3 is 2.71 bits per heavy atom. The number of hydrogen-bond donors (Lipinski definition) is 1. The first-order valence-corrected chi connectivity index (χ1v) is 5.98. The van der Waals surface area contributed by atoms with Crippen LogP contribution in [0.2, 0.25) is 0 Å². The van der Waals surface area contributed by atoms with Crippen LogP contribution in [0.15, 0.2) is 18.2 Å². The molecule has 17 heavy (non-hydrogen) atoms. The Kier molecular flexibility index (Phi) is 4.99. The van der Waals surface area contributed by atoms with Crippen molar-refractivity contribution in [2.24, 2.45) is 5.73 Å². The molecule has 0 aliphatic rings. The molecule has 1 rings (SSSR count). The van der Waals surface area contributed by atoms with Crippen molar-refractivity contribution in [2.75, 3.05) is 0 Å². The van der Waals surface area contributed by atoms with Gasteiger partial charge in [-0.2, -0.15) is 5.26 Å². The number of benzene rings is 1. The third kappa shape index (κ3) is 4.08. The van der Waals surface area contributed by atoms with E-state index in [1.807, 2.05) is 32.9 Å². The molecule has 0 aromatic heterocycles. The van der Waals surface area contributed by atoms with Crippen LogP contribution >= 0.6 is 0 Å². The average Bonchev–Trinajstić information content (AvgIpc) is 2.27. The molecule has 0 fully saturated rings. The summed E-state index contributed by atoms with van der Waals surface area (Å²) in [6.07, 6.45) is 1.06. The lowest BCUT2D eigenvalue weighted by atomic mass is 10.0. The van der Waals surface area contributed by atoms with Gasteiger partial charge in [-0.15, -0.1) is 0 Å². The zero-order chi connectivity index (χ0) is 12.8. The van der Waals surface area contributed by atoms with Crippen molar-refractivity contribution in [2.45, 2.75) is 45.8 Å². The summed E-state index contributed by atoms with van der Waals surface area (Å²) in [7, 11) is 0. The van der Waals surface area contributed by atoms with Gasteiger partial charge >= 0.3 is 0 Å². The number of nitriles is 1. The van der Waals surface area contributed by atoms with Crippen LogP contribution in [0, 0.1) is 18.3 Å². The summed E-state index contributed by atoms with van der Waals surface area (Å²) in [5.74, 6) is 0.779. The van der Waals surface area contributed by atoms with Gasteiger partial charge in [0.15, 0.2) is 6.10 Å². The Morgan fingerprint density at radius 2 is 2.18 bits per heavy atom. The van der Waals surface area contributed by atoms with Crippen molar-refractivity contribution in [1.82, 2.24) is 0 Å². The van der Waals surface area contributed by atoms with Gasteiger partial charge < -0.3 is 10.5 Å². The fraction of sp³-hybridized carbons (Fsp3) is 0.500. The van der Waals surface area contributed by atoms with Crippen molar-refractivity contribution >= 4 is 0 Å². The van der Waals surface area contributed by atoms with Gasteiger partial charge in [-0.05, 0) is 38.3 Å². The predicted octanol–water partition coefficient (Wildman–Crippen LogP) is 2.57. The fourth-order valence-corrected chi connectivity index (χ4v) is 1.68. The molecule has 1 aromatic rings. The summed E-state index contributed by atoms with van der Waals surface area (Å²) < 4.78 is 5.68. The summed E-state index contributed by atoms with van der Waals surface area (Å²) in [6.45, 7) is 5.94. The molecule has 0 bridgehead atoms. The fourth-order valence-electron chi connectivity index (χ4n) is 1.68. The lowest BCUT2D eigenvalue weighted by Gasteiger charge is -2.16. The minimum absolute atomic E-state index is 0.0845. The Labute approximate surface area is 103 Å². The van der Waals surface area contributed by atoms with Gasteiger partial charge in [0.25, 0.3) is 0 Å². The van der Waals surface area contributed by atoms with E-state index in [1.165, 1.54) is 5.56 Å². The van der Waals surface area contributed by atoms with Crippen LogP contribution < -0.4 is 10.5 Å². The second-order valence-electron chi connectivity index (χ2n) is 4.44. The molecule has 2 unspecified atom stereocenters. The highest BCUT2D eigenvalue weighted by Crippen LogP contribution is 2.23. The zero-order valence-electron chi connectivity index (χ0n) is 10.7. The van der Waals surface area contributed by atoms with Crippen LogP contribution in [0.3, 0.4) is 0 Å². The summed E-state index contributed by atoms with van der Waals surface area (Å²) in [4.78, 5) is 0. The van der Waals surface area contributed by atoms with Crippen molar-refractivity contribution < 1.29 is 4.74 Å². The van der Waals surface area contributed by atoms with E-state index in [9.17, 15) is 0 Å². The minimum Gasteiger partial charge on any atom is -0.475 e. The number of nitrogens with zero attached hydrogens (tertiary/aromatic N) is 1. The first kappa shape index (κ1) is 13.5. The zero-order valence-corrected chi connectivity index (χ0v) is 10.7. The van der Waals surface area contributed by atoms with Crippen molar-refractivity contribution in [3.63, 3.8) is 0 Å². The molecule has 0 aliphatic heterocycles. The Balaban J connectivity index is 2.94. The maximum atomic E-state index is 8.92. The number of aryl methyl sites for hydroxylation is 1. The summed E-state index contributed by atoms with van der Waals surface area (Å²) >= 11 is 0. The van der Waals surface area contributed by atoms with Crippen LogP contribution in [-0.2, 0) is 6.42 Å². The predicted molar refractivity (Wildman–Crippen MR) is 68.9 cm³/mol. The molecule has 0 saturated carbocycles. The topological polar surface area (TPSA) is 59.0 Å². The normalized spacial score (nSPS) is 13.8. The highest BCUT2D eigenvalue weighted by atomic mass is 16.5. The van der Waals surface area contributed by atoms with Crippen LogP contribution in [-0.4, -0.2) is 12.1 Å². The third-order valence-electron chi connectivity index (χ3n) is 2.54. The van der Waals surface area contributed by atoms with E-state index in [2.05, 4.69) is 12.1 Å². The lowest BCUT2D eigenvalue weighted by Crippen LogP contribution is -2.20. The van der Waals surface area contributed by atoms with Gasteiger partial charge in [0.05, 0.1) is 0 Å². The molecule has 0 heterocycles. The first-order chi connectivity index (χ1) is 8.06. The quantitative estimate of drug-likeness (QED) is 0.848. The van der Waals surface area contributed by atoms with E-state index >= 15 is 0 Å². The number of hydrogen-bond acceptors (Lipinski definition) is 3. The highest BCUT2D eigenvalue weighted by molar-refractivity contribution is 5.37. The van der Waals surface area contributed by atoms with Gasteiger partial charge in [-0.3, -0.25) is 0 Å². The van der Waals surface area contributed by atoms with E-state index in [4.69, 9.17) is 15.7 Å². The molecule has 3 heteroatoms. The molecule has 2 atom stereocenters. The Morgan fingerprint density at radius 1 is 1.47 bits per heavy atom. The molecular weight excluding hydrogens is 212 g/mol. The van der Waals surface area contributed by atoms with Crippen LogP contribution in [0.5, 0.6) is 5.75 Å². The molecular formula is C14H20N2O. The molecule has 92 valence electrons. The van der Waals surface area contributed by atoms with Gasteiger partial charge in [0.2, 0.25) is 0 Å². The molecule has 0 aliphatic carbocycles. The standard InChI is InChI=1S/C14H20N2O/c1-4-13(9-15)17-14-6-5-10(2)7-12(14)8-11(3)16/h5-7,11,13H,4,8,16H2,1-3H3. The molecule has 0 amide bonds. The molecule has 0 saturated heterocycles. The summed E-state index contributed by atoms with van der Waals surface area (Å²) in [6, 6.07) is 8.21. The molecule has 3 nitrogen and oxygen atoms in total. The van der Waals surface area contributed by atoms with E-state index in [-0.39, 0.29) is 12.1 Å². The van der Waals surface area contributed by atoms with E-state index in [0.717, 1.165) is 17.7 Å². The molecule has 1 aromatic carbocycles. The number of nitrogens with two attached hydrogens (primary N) is 1. The Bertz CT molecular complexity index is 407. The van der Waals surface area contributed by atoms with Gasteiger partial charge in [-0.25, -0.2) is 0 Å². The number of rotatable bonds is 5. The molecule has 2 N–H and O–H groups in total. The monoisotopic (exact) mass is 232 g/mol. The molecule has 0 radical (unpaired) electrons. The smallest absolute Gasteiger partial charge is 0.184 e. The summed E-state index contributed by atoms with van der Waals surface area (Å²) in [5, 5.41) is 8.92. The van der Waals surface area contributed by atoms with Crippen molar-refractivity contribution in [3.05, 3.63) is 29.3 Å². The third-order valence-corrected chi connectivity index (χ3v) is 2.54. The second kappa shape index (κ2) is 6.27. The van der Waals surface area contributed by atoms with Gasteiger partial charge in [-0.1, -0.05) is 24.6 Å².